The summed E-state index contributed by atoms with van der Waals surface area (Å²) in [6.45, 7) is 0. The van der Waals surface area contributed by atoms with E-state index in [1.807, 2.05) is 6.07 Å². The lowest BCUT2D eigenvalue weighted by Gasteiger charge is -2.08. The van der Waals surface area contributed by atoms with Crippen molar-refractivity contribution in [1.82, 2.24) is 19.9 Å². The smallest absolute Gasteiger partial charge is 0.237 e. The van der Waals surface area contributed by atoms with Crippen LogP contribution in [0.15, 0.2) is 42.9 Å². The Labute approximate surface area is 131 Å². The van der Waals surface area contributed by atoms with Crippen molar-refractivity contribution in [2.45, 2.75) is 0 Å². The van der Waals surface area contributed by atoms with Crippen LogP contribution in [0.4, 0.5) is 11.8 Å². The number of hydrogen-bond acceptors (Lipinski definition) is 8. The number of anilines is 2. The van der Waals surface area contributed by atoms with Crippen LogP contribution in [-0.2, 0) is 0 Å². The van der Waals surface area contributed by atoms with Crippen molar-refractivity contribution >= 4 is 11.8 Å². The van der Waals surface area contributed by atoms with Gasteiger partial charge in [-0.3, -0.25) is 4.98 Å². The number of benzene rings is 1. The molecule has 0 aliphatic rings. The molecule has 1 aromatic carbocycles. The molecule has 8 nitrogen and oxygen atoms in total. The standard InChI is InChI=1S/C15H11N7O/c16-7-11-13(21-15(18)22-14(11)17)9-1-3-10(4-2-9)23-12-8-19-5-6-20-12/h1-6,8H,(H4,17,18,21,22). The van der Waals surface area contributed by atoms with E-state index in [0.717, 1.165) is 0 Å². The molecule has 112 valence electrons. The van der Waals surface area contributed by atoms with Gasteiger partial charge in [0.15, 0.2) is 0 Å². The highest BCUT2D eigenvalue weighted by molar-refractivity contribution is 5.73. The summed E-state index contributed by atoms with van der Waals surface area (Å²) >= 11 is 0. The van der Waals surface area contributed by atoms with Crippen LogP contribution >= 0.6 is 0 Å². The van der Waals surface area contributed by atoms with Crippen molar-refractivity contribution < 1.29 is 4.74 Å². The van der Waals surface area contributed by atoms with Gasteiger partial charge in [-0.15, -0.1) is 0 Å². The fraction of sp³-hybridized carbons (Fsp3) is 0. The number of hydrogen-bond donors (Lipinski definition) is 2. The summed E-state index contributed by atoms with van der Waals surface area (Å²) in [6.07, 6.45) is 4.60. The number of nitrogens with two attached hydrogens (primary N) is 2. The summed E-state index contributed by atoms with van der Waals surface area (Å²) < 4.78 is 5.55. The highest BCUT2D eigenvalue weighted by atomic mass is 16.5. The number of rotatable bonds is 3. The molecule has 2 heterocycles. The zero-order chi connectivity index (χ0) is 16.2. The van der Waals surface area contributed by atoms with Crippen molar-refractivity contribution in [3.05, 3.63) is 48.4 Å². The first kappa shape index (κ1) is 14.2. The van der Waals surface area contributed by atoms with Crippen LogP contribution in [0.5, 0.6) is 11.6 Å². The Balaban J connectivity index is 1.93. The summed E-state index contributed by atoms with van der Waals surface area (Å²) in [5.41, 5.74) is 12.5. The molecule has 23 heavy (non-hydrogen) atoms. The SMILES string of the molecule is N#Cc1c(N)nc(N)nc1-c1ccc(Oc2cnccn2)cc1. The zero-order valence-corrected chi connectivity index (χ0v) is 11.8. The first-order valence-corrected chi connectivity index (χ1v) is 6.55. The Bertz CT molecular complexity index is 873. The second kappa shape index (κ2) is 5.95. The molecule has 0 saturated heterocycles. The van der Waals surface area contributed by atoms with Gasteiger partial charge in [0.25, 0.3) is 0 Å². The van der Waals surface area contributed by atoms with Crippen LogP contribution in [-0.4, -0.2) is 19.9 Å². The zero-order valence-electron chi connectivity index (χ0n) is 11.8. The van der Waals surface area contributed by atoms with E-state index in [9.17, 15) is 5.26 Å². The normalized spacial score (nSPS) is 10.0. The molecule has 4 N–H and O–H groups in total. The lowest BCUT2D eigenvalue weighted by molar-refractivity contribution is 0.460. The third-order valence-corrected chi connectivity index (χ3v) is 2.96. The van der Waals surface area contributed by atoms with Crippen LogP contribution in [0.2, 0.25) is 0 Å². The first-order chi connectivity index (χ1) is 11.2. The van der Waals surface area contributed by atoms with Crippen LogP contribution in [0.25, 0.3) is 11.3 Å². The van der Waals surface area contributed by atoms with Crippen molar-refractivity contribution in [2.24, 2.45) is 0 Å². The fourth-order valence-electron chi connectivity index (χ4n) is 1.95. The molecule has 0 amide bonds. The van der Waals surface area contributed by atoms with E-state index in [0.29, 0.717) is 22.9 Å². The predicted octanol–water partition coefficient (Wildman–Crippen LogP) is 1.76. The number of ether oxygens (including phenoxy) is 1. The second-order valence-corrected chi connectivity index (χ2v) is 4.47. The summed E-state index contributed by atoms with van der Waals surface area (Å²) in [7, 11) is 0. The molecule has 0 spiro atoms. The summed E-state index contributed by atoms with van der Waals surface area (Å²) in [5, 5.41) is 9.21. The van der Waals surface area contributed by atoms with Gasteiger partial charge in [0, 0.05) is 18.0 Å². The monoisotopic (exact) mass is 305 g/mol. The van der Waals surface area contributed by atoms with E-state index in [2.05, 4.69) is 19.9 Å². The minimum atomic E-state index is 0.0105. The number of nitrogen functional groups attached to an aromatic ring is 2. The maximum Gasteiger partial charge on any atom is 0.237 e. The third kappa shape index (κ3) is 2.98. The van der Waals surface area contributed by atoms with Crippen LogP contribution in [0, 0.1) is 11.3 Å². The predicted molar refractivity (Wildman–Crippen MR) is 83.1 cm³/mol. The van der Waals surface area contributed by atoms with E-state index < -0.39 is 0 Å². The van der Waals surface area contributed by atoms with Crippen LogP contribution in [0.3, 0.4) is 0 Å². The molecule has 0 atom stereocenters. The third-order valence-electron chi connectivity index (χ3n) is 2.96. The molecule has 0 saturated carbocycles. The van der Waals surface area contributed by atoms with Gasteiger partial charge in [-0.2, -0.15) is 10.2 Å². The molecular weight excluding hydrogens is 294 g/mol. The molecule has 0 fully saturated rings. The largest absolute Gasteiger partial charge is 0.438 e. The molecule has 0 unspecified atom stereocenters. The summed E-state index contributed by atoms with van der Waals surface area (Å²) in [6, 6.07) is 8.92. The van der Waals surface area contributed by atoms with Crippen molar-refractivity contribution in [2.75, 3.05) is 11.5 Å². The summed E-state index contributed by atoms with van der Waals surface area (Å²) in [5.74, 6) is 1.02. The van der Waals surface area contributed by atoms with E-state index in [1.165, 1.54) is 12.4 Å². The highest BCUT2D eigenvalue weighted by Gasteiger charge is 2.13. The van der Waals surface area contributed by atoms with E-state index in [1.54, 1.807) is 30.5 Å². The van der Waals surface area contributed by atoms with Gasteiger partial charge in [-0.1, -0.05) is 0 Å². The Morgan fingerprint density at radius 1 is 1.04 bits per heavy atom. The number of aromatic nitrogens is 4. The minimum Gasteiger partial charge on any atom is -0.438 e. The lowest BCUT2D eigenvalue weighted by atomic mass is 10.1. The van der Waals surface area contributed by atoms with E-state index in [4.69, 9.17) is 16.2 Å². The highest BCUT2D eigenvalue weighted by Crippen LogP contribution is 2.28. The van der Waals surface area contributed by atoms with Gasteiger partial charge in [0.1, 0.15) is 23.2 Å². The average molecular weight is 305 g/mol. The molecule has 2 aromatic heterocycles. The first-order valence-electron chi connectivity index (χ1n) is 6.55. The van der Waals surface area contributed by atoms with Gasteiger partial charge in [-0.25, -0.2) is 9.97 Å². The molecule has 3 rings (SSSR count). The fourth-order valence-corrected chi connectivity index (χ4v) is 1.95. The number of nitriles is 1. The van der Waals surface area contributed by atoms with Crippen LogP contribution in [0.1, 0.15) is 5.56 Å². The molecular formula is C15H11N7O. The van der Waals surface area contributed by atoms with Gasteiger partial charge in [-0.05, 0) is 24.3 Å². The van der Waals surface area contributed by atoms with Crippen molar-refractivity contribution in [1.29, 1.82) is 5.26 Å². The Morgan fingerprint density at radius 3 is 2.48 bits per heavy atom. The lowest BCUT2D eigenvalue weighted by Crippen LogP contribution is -2.04. The maximum atomic E-state index is 9.21. The number of nitrogens with zero attached hydrogens (tertiary/aromatic N) is 5. The van der Waals surface area contributed by atoms with Gasteiger partial charge in [0.2, 0.25) is 11.8 Å². The van der Waals surface area contributed by atoms with Crippen LogP contribution < -0.4 is 16.2 Å². The Hall–Kier alpha value is -3.73. The minimum absolute atomic E-state index is 0.0105. The van der Waals surface area contributed by atoms with Crippen molar-refractivity contribution in [3.8, 4) is 29.0 Å². The summed E-state index contributed by atoms with van der Waals surface area (Å²) in [4.78, 5) is 15.8. The second-order valence-electron chi connectivity index (χ2n) is 4.47. The maximum absolute atomic E-state index is 9.21. The average Bonchev–Trinajstić information content (AvgIpc) is 2.56. The molecule has 8 heteroatoms. The molecule has 0 aliphatic heterocycles. The van der Waals surface area contributed by atoms with E-state index >= 15 is 0 Å². The molecule has 3 aromatic rings. The molecule has 0 bridgehead atoms. The topological polar surface area (TPSA) is 137 Å². The van der Waals surface area contributed by atoms with E-state index in [-0.39, 0.29) is 17.3 Å². The van der Waals surface area contributed by atoms with Gasteiger partial charge < -0.3 is 16.2 Å². The molecule has 0 aliphatic carbocycles. The van der Waals surface area contributed by atoms with Gasteiger partial charge in [0.05, 0.1) is 11.9 Å². The molecule has 0 radical (unpaired) electrons. The van der Waals surface area contributed by atoms with Gasteiger partial charge >= 0.3 is 0 Å². The Morgan fingerprint density at radius 2 is 1.83 bits per heavy atom. The quantitative estimate of drug-likeness (QED) is 0.746. The Kier molecular flexibility index (Phi) is 3.68. The van der Waals surface area contributed by atoms with Crippen molar-refractivity contribution in [3.63, 3.8) is 0 Å².